The van der Waals surface area contributed by atoms with Gasteiger partial charge in [0.2, 0.25) is 0 Å². The number of benzene rings is 1. The Hall–Kier alpha value is -2.44. The van der Waals surface area contributed by atoms with Gasteiger partial charge in [-0.1, -0.05) is 13.8 Å². The summed E-state index contributed by atoms with van der Waals surface area (Å²) in [5.41, 5.74) is 7.23. The average molecular weight is 580 g/mol. The molecule has 208 valence electrons. The smallest absolute Gasteiger partial charge is 0.317 e. The monoisotopic (exact) mass is 581 g/mol. The van der Waals surface area contributed by atoms with Crippen molar-refractivity contribution in [1.82, 2.24) is 15.1 Å². The normalized spacial score (nSPS) is 12.5. The number of carbonyl (C=O) groups is 3. The van der Waals surface area contributed by atoms with Crippen molar-refractivity contribution >= 4 is 41.3 Å². The molecule has 6 N–H and O–H groups in total. The number of carbonyl (C=O) groups excluding carboxylic acids is 1. The van der Waals surface area contributed by atoms with E-state index in [4.69, 9.17) is 16.2 Å². The molecule has 1 amide bonds. The molecule has 0 radical (unpaired) electrons. The Morgan fingerprint density at radius 2 is 1.68 bits per heavy atom. The Kier molecular flexibility index (Phi) is 13.9. The molecule has 1 unspecified atom stereocenters. The second-order valence-corrected chi connectivity index (χ2v) is 21.1. The number of hydrogen-bond donors (Lipinski definition) is 5. The van der Waals surface area contributed by atoms with E-state index >= 15 is 0 Å². The number of nitrogens with two attached hydrogens (primary N) is 1. The minimum Gasteiger partial charge on any atom is -0.480 e. The number of amidine groups is 1. The molecule has 10 nitrogen and oxygen atoms in total. The van der Waals surface area contributed by atoms with E-state index in [0.717, 1.165) is 18.4 Å². The van der Waals surface area contributed by atoms with E-state index in [1.165, 1.54) is 4.40 Å². The van der Waals surface area contributed by atoms with Crippen LogP contribution in [0.25, 0.3) is 0 Å². The second kappa shape index (κ2) is 15.7. The van der Waals surface area contributed by atoms with Gasteiger partial charge in [-0.05, 0) is 13.0 Å². The summed E-state index contributed by atoms with van der Waals surface area (Å²) in [6, 6.07) is 5.00. The van der Waals surface area contributed by atoms with Gasteiger partial charge in [-0.15, -0.1) is 0 Å². The first-order valence-corrected chi connectivity index (χ1v) is 20.3. The van der Waals surface area contributed by atoms with Crippen LogP contribution in [0.3, 0.4) is 0 Å². The Bertz CT molecular complexity index is 934. The van der Waals surface area contributed by atoms with Crippen molar-refractivity contribution in [2.75, 3.05) is 32.7 Å². The Labute approximate surface area is 223 Å². The van der Waals surface area contributed by atoms with Gasteiger partial charge in [-0.25, -0.2) is 0 Å². The number of rotatable bonds is 18. The third kappa shape index (κ3) is 12.1. The molecule has 1 rings (SSSR count). The van der Waals surface area contributed by atoms with Crippen molar-refractivity contribution in [3.63, 3.8) is 0 Å². The largest absolute Gasteiger partial charge is 0.480 e. The molecule has 0 bridgehead atoms. The minimum absolute atomic E-state index is 0.0118. The zero-order chi connectivity index (χ0) is 28.2. The molecule has 11 heteroatoms. The number of nitrogen functional groups attached to an aromatic ring is 1. The molecular formula is C26H45GeN5O5. The predicted molar refractivity (Wildman–Crippen MR) is 149 cm³/mol. The number of nitrogens with one attached hydrogen (secondary N) is 2. The van der Waals surface area contributed by atoms with Crippen LogP contribution in [-0.4, -0.2) is 95.7 Å². The Balaban J connectivity index is 2.83. The van der Waals surface area contributed by atoms with Crippen molar-refractivity contribution in [2.24, 2.45) is 5.73 Å². The average Bonchev–Trinajstić information content (AvgIpc) is 2.79. The van der Waals surface area contributed by atoms with Crippen molar-refractivity contribution in [3.05, 3.63) is 29.3 Å². The van der Waals surface area contributed by atoms with Crippen LogP contribution in [0.5, 0.6) is 0 Å². The van der Waals surface area contributed by atoms with Crippen LogP contribution in [0.1, 0.15) is 50.7 Å². The molecule has 0 heterocycles. The first-order valence-electron chi connectivity index (χ1n) is 12.9. The molecule has 0 aliphatic heterocycles. The van der Waals surface area contributed by atoms with Gasteiger partial charge >= 0.3 is 175 Å². The van der Waals surface area contributed by atoms with Gasteiger partial charge in [-0.3, -0.25) is 9.69 Å². The maximum Gasteiger partial charge on any atom is 0.317 e. The predicted octanol–water partition coefficient (Wildman–Crippen LogP) is 1.87. The topological polar surface area (TPSA) is 160 Å². The quantitative estimate of drug-likeness (QED) is 0.100. The van der Waals surface area contributed by atoms with Gasteiger partial charge in [0.25, 0.3) is 0 Å². The first-order chi connectivity index (χ1) is 17.3. The summed E-state index contributed by atoms with van der Waals surface area (Å²) in [4.78, 5) is 39.5. The molecule has 0 fully saturated rings. The van der Waals surface area contributed by atoms with E-state index < -0.39 is 31.2 Å². The number of aliphatic carboxylic acids is 2. The summed E-state index contributed by atoms with van der Waals surface area (Å²) in [6.07, 6.45) is 1.76. The number of carboxylic acid groups (broad SMARTS) is 2. The summed E-state index contributed by atoms with van der Waals surface area (Å²) in [7, 11) is 0. The van der Waals surface area contributed by atoms with Gasteiger partial charge in [0.1, 0.15) is 0 Å². The number of hydrogen-bond acceptors (Lipinski definition) is 6. The van der Waals surface area contributed by atoms with Gasteiger partial charge in [0.05, 0.1) is 6.54 Å². The summed E-state index contributed by atoms with van der Waals surface area (Å²) in [6.45, 7) is 6.16. The third-order valence-corrected chi connectivity index (χ3v) is 10.4. The SMILES string of the molecule is CCCN(CCN(CCC)C(CCC(=O)NCc1cc(C(=N)N)c[c]([Ge]([CH3])([CH3])[CH3])c1)C(=O)O)CC(=O)O. The number of carboxylic acids is 2. The molecule has 0 saturated carbocycles. The maximum absolute atomic E-state index is 12.6. The summed E-state index contributed by atoms with van der Waals surface area (Å²) in [5.74, 6) is 4.59. The van der Waals surface area contributed by atoms with Crippen molar-refractivity contribution in [2.45, 2.75) is 69.4 Å². The Morgan fingerprint density at radius 1 is 1.03 bits per heavy atom. The standard InChI is InChI=1S/C26H45GeN5O5/c1-6-10-31(18-24(34)35)12-13-32(11-7-2)22(26(36)37)8-9-23(33)30-17-19-14-20(25(28)29)16-21(15-19)27(3,4)5/h14-16,22H,6-13,17-18H2,1-5H3,(H3,28,29)(H,30,33)(H,34,35)(H,36,37). The Morgan fingerprint density at radius 3 is 2.19 bits per heavy atom. The molecule has 0 aliphatic carbocycles. The molecule has 0 saturated heterocycles. The zero-order valence-corrected chi connectivity index (χ0v) is 25.1. The van der Waals surface area contributed by atoms with Gasteiger partial charge in [0, 0.05) is 0 Å². The van der Waals surface area contributed by atoms with Crippen LogP contribution in [0.15, 0.2) is 18.2 Å². The van der Waals surface area contributed by atoms with E-state index in [9.17, 15) is 19.5 Å². The number of amides is 1. The molecule has 1 aromatic rings. The molecule has 37 heavy (non-hydrogen) atoms. The van der Waals surface area contributed by atoms with Crippen LogP contribution in [0, 0.1) is 5.41 Å². The van der Waals surface area contributed by atoms with E-state index in [-0.39, 0.29) is 37.7 Å². The minimum atomic E-state index is -2.19. The fourth-order valence-electron chi connectivity index (χ4n) is 4.16. The molecule has 0 spiro atoms. The van der Waals surface area contributed by atoms with E-state index in [0.29, 0.717) is 31.7 Å². The van der Waals surface area contributed by atoms with Crippen LogP contribution in [0.4, 0.5) is 0 Å². The zero-order valence-electron chi connectivity index (χ0n) is 23.0. The van der Waals surface area contributed by atoms with Gasteiger partial charge in [0.15, 0.2) is 0 Å². The van der Waals surface area contributed by atoms with Gasteiger partial charge in [-0.2, -0.15) is 0 Å². The molecule has 1 atom stereocenters. The molecule has 0 aromatic heterocycles. The van der Waals surface area contributed by atoms with Crippen molar-refractivity contribution in [3.8, 4) is 0 Å². The summed E-state index contributed by atoms with van der Waals surface area (Å²) in [5, 5.41) is 29.7. The summed E-state index contributed by atoms with van der Waals surface area (Å²) < 4.78 is 1.19. The van der Waals surface area contributed by atoms with Crippen LogP contribution in [-0.2, 0) is 20.9 Å². The van der Waals surface area contributed by atoms with E-state index in [1.54, 1.807) is 0 Å². The maximum atomic E-state index is 12.6. The van der Waals surface area contributed by atoms with Crippen LogP contribution >= 0.6 is 0 Å². The first kappa shape index (κ1) is 32.6. The van der Waals surface area contributed by atoms with Crippen LogP contribution < -0.4 is 15.4 Å². The molecule has 1 aromatic carbocycles. The van der Waals surface area contributed by atoms with E-state index in [1.807, 2.05) is 35.8 Å². The van der Waals surface area contributed by atoms with E-state index in [2.05, 4.69) is 28.7 Å². The van der Waals surface area contributed by atoms with Crippen molar-refractivity contribution in [1.29, 1.82) is 5.41 Å². The molecular weight excluding hydrogens is 535 g/mol. The number of nitrogens with zero attached hydrogens (tertiary/aromatic N) is 2. The fraction of sp³-hybridized carbons (Fsp3) is 0.615. The second-order valence-electron chi connectivity index (χ2n) is 10.5. The third-order valence-electron chi connectivity index (χ3n) is 6.14. The van der Waals surface area contributed by atoms with Crippen molar-refractivity contribution < 1.29 is 24.6 Å². The van der Waals surface area contributed by atoms with Gasteiger partial charge < -0.3 is 5.11 Å². The molecule has 0 aliphatic rings. The fourth-order valence-corrected chi connectivity index (χ4v) is 6.69. The summed E-state index contributed by atoms with van der Waals surface area (Å²) >= 11 is -2.19. The van der Waals surface area contributed by atoms with Crippen LogP contribution in [0.2, 0.25) is 17.3 Å².